The molecule has 0 unspecified atom stereocenters. The largest absolute Gasteiger partial charge is 0.458 e. The molecule has 0 amide bonds. The van der Waals surface area contributed by atoms with Crippen LogP contribution in [0.5, 0.6) is 0 Å². The highest BCUT2D eigenvalue weighted by molar-refractivity contribution is 5.97. The third-order valence-corrected chi connectivity index (χ3v) is 12.3. The van der Waals surface area contributed by atoms with Gasteiger partial charge in [-0.2, -0.15) is 0 Å². The molecule has 2 heterocycles. The van der Waals surface area contributed by atoms with Crippen molar-refractivity contribution in [2.75, 3.05) is 0 Å². The summed E-state index contributed by atoms with van der Waals surface area (Å²) >= 11 is 0. The molecule has 0 aromatic heterocycles. The molecule has 0 bridgehead atoms. The monoisotopic (exact) mass is 544 g/mol. The molecule has 214 valence electrons. The van der Waals surface area contributed by atoms with Crippen molar-refractivity contribution in [2.45, 2.75) is 115 Å². The maximum Gasteiger partial charge on any atom is 0.333 e. The predicted molar refractivity (Wildman–Crippen MR) is 137 cm³/mol. The van der Waals surface area contributed by atoms with Gasteiger partial charge in [0.25, 0.3) is 0 Å². The van der Waals surface area contributed by atoms with Crippen molar-refractivity contribution >= 4 is 17.7 Å². The number of ketones is 1. The van der Waals surface area contributed by atoms with Crippen molar-refractivity contribution in [2.24, 2.45) is 28.6 Å². The molecule has 9 heteroatoms. The Hall–Kier alpha value is -2.07. The van der Waals surface area contributed by atoms with E-state index in [1.807, 2.05) is 20.8 Å². The van der Waals surface area contributed by atoms with Gasteiger partial charge in [0.15, 0.2) is 11.9 Å². The van der Waals surface area contributed by atoms with E-state index in [2.05, 4.69) is 0 Å². The van der Waals surface area contributed by atoms with Crippen LogP contribution in [0.15, 0.2) is 23.3 Å². The fourth-order valence-electron chi connectivity index (χ4n) is 9.78. The summed E-state index contributed by atoms with van der Waals surface area (Å²) in [5.74, 6) is -2.63. The third kappa shape index (κ3) is 2.92. The molecule has 4 fully saturated rings. The van der Waals surface area contributed by atoms with Gasteiger partial charge in [0.1, 0.15) is 29.0 Å². The van der Waals surface area contributed by atoms with Crippen LogP contribution in [0.3, 0.4) is 0 Å². The maximum atomic E-state index is 13.4. The lowest BCUT2D eigenvalue weighted by Crippen LogP contribution is -2.75. The number of aliphatic hydroxyl groups is 3. The summed E-state index contributed by atoms with van der Waals surface area (Å²) in [6.07, 6.45) is 1.36. The van der Waals surface area contributed by atoms with Crippen molar-refractivity contribution in [3.63, 3.8) is 0 Å². The molecule has 3 saturated carbocycles. The normalized spacial score (nSPS) is 52.7. The summed E-state index contributed by atoms with van der Waals surface area (Å²) in [6.45, 7) is 10.6. The van der Waals surface area contributed by atoms with Gasteiger partial charge < -0.3 is 29.5 Å². The molecule has 6 rings (SSSR count). The molecular weight excluding hydrogens is 504 g/mol. The van der Waals surface area contributed by atoms with E-state index in [-0.39, 0.29) is 30.5 Å². The van der Waals surface area contributed by atoms with Crippen molar-refractivity contribution in [1.82, 2.24) is 0 Å². The Labute approximate surface area is 228 Å². The van der Waals surface area contributed by atoms with Crippen molar-refractivity contribution in [3.8, 4) is 0 Å². The quantitative estimate of drug-likeness (QED) is 0.360. The first-order valence-electron chi connectivity index (χ1n) is 14.2. The molecule has 0 spiro atoms. The maximum absolute atomic E-state index is 13.4. The van der Waals surface area contributed by atoms with Crippen molar-refractivity contribution < 1.29 is 43.9 Å². The van der Waals surface area contributed by atoms with Gasteiger partial charge in [0.2, 0.25) is 0 Å². The highest BCUT2D eigenvalue weighted by Crippen LogP contribution is 2.77. The number of aliphatic hydroxyl groups excluding tert-OH is 1. The third-order valence-electron chi connectivity index (χ3n) is 12.3. The minimum absolute atomic E-state index is 0.0539. The number of fused-ring (bicyclic) bond motifs is 7. The molecule has 1 saturated heterocycles. The van der Waals surface area contributed by atoms with E-state index in [0.29, 0.717) is 24.8 Å². The zero-order valence-electron chi connectivity index (χ0n) is 23.5. The van der Waals surface area contributed by atoms with E-state index in [9.17, 15) is 29.7 Å². The second-order valence-electron chi connectivity index (χ2n) is 13.5. The molecule has 39 heavy (non-hydrogen) atoms. The first kappa shape index (κ1) is 27.1. The number of epoxide rings is 1. The number of rotatable bonds is 3. The first-order valence-corrected chi connectivity index (χ1v) is 14.2. The van der Waals surface area contributed by atoms with Crippen LogP contribution < -0.4 is 0 Å². The highest BCUT2D eigenvalue weighted by Gasteiger charge is 2.90. The predicted octanol–water partition coefficient (Wildman–Crippen LogP) is 2.15. The summed E-state index contributed by atoms with van der Waals surface area (Å²) in [5.41, 5.74) is -4.96. The van der Waals surface area contributed by atoms with Crippen LogP contribution in [0.4, 0.5) is 0 Å². The molecule has 3 N–H and O–H groups in total. The van der Waals surface area contributed by atoms with Gasteiger partial charge in [0, 0.05) is 30.3 Å². The number of hydrogen-bond acceptors (Lipinski definition) is 9. The lowest BCUT2D eigenvalue weighted by atomic mass is 9.41. The second kappa shape index (κ2) is 8.02. The topological polar surface area (TPSA) is 143 Å². The number of esters is 2. The van der Waals surface area contributed by atoms with Crippen molar-refractivity contribution in [1.29, 1.82) is 0 Å². The first-order chi connectivity index (χ1) is 18.1. The molecule has 0 aromatic carbocycles. The van der Waals surface area contributed by atoms with Crippen LogP contribution in [0, 0.1) is 28.6 Å². The van der Waals surface area contributed by atoms with E-state index in [0.717, 1.165) is 5.57 Å². The molecule has 2 aliphatic heterocycles. The van der Waals surface area contributed by atoms with E-state index >= 15 is 0 Å². The Balaban J connectivity index is 1.45. The Morgan fingerprint density at radius 2 is 1.87 bits per heavy atom. The Kier molecular flexibility index (Phi) is 5.58. The van der Waals surface area contributed by atoms with E-state index in [1.54, 1.807) is 19.9 Å². The molecule has 4 aliphatic carbocycles. The number of ether oxygens (including phenoxy) is 3. The van der Waals surface area contributed by atoms with Gasteiger partial charge >= 0.3 is 11.9 Å². The zero-order chi connectivity index (χ0) is 28.5. The average Bonchev–Trinajstić information content (AvgIpc) is 3.59. The molecule has 6 aliphatic rings. The smallest absolute Gasteiger partial charge is 0.333 e. The number of allylic oxidation sites excluding steroid dienone is 1. The molecule has 9 nitrogen and oxygen atoms in total. The van der Waals surface area contributed by atoms with Gasteiger partial charge in [-0.1, -0.05) is 25.5 Å². The number of carbonyl (C=O) groups is 3. The minimum atomic E-state index is -1.65. The van der Waals surface area contributed by atoms with Gasteiger partial charge in [-0.05, 0) is 64.4 Å². The summed E-state index contributed by atoms with van der Waals surface area (Å²) in [4.78, 5) is 38.4. The van der Waals surface area contributed by atoms with E-state index in [1.165, 1.54) is 13.0 Å². The average molecular weight is 545 g/mol. The van der Waals surface area contributed by atoms with Crippen LogP contribution in [-0.4, -0.2) is 74.3 Å². The van der Waals surface area contributed by atoms with Crippen LogP contribution in [0.2, 0.25) is 0 Å². The molecule has 0 radical (unpaired) electrons. The Morgan fingerprint density at radius 3 is 2.51 bits per heavy atom. The molecule has 0 aromatic rings. The number of hydrogen-bond donors (Lipinski definition) is 3. The SMILES string of the molecule is CC(=O)O[C@H]1[C@@H]2O[C@]2([C@H](C)[C@H]2CC(C)=C(C)C(=O)O2)[C@@]2(C)CC[C@H]3[C@@H](C[C@@H](O)[C@@]4(O)CC=CC(=O)[C@]34C)[C@]12O. The molecular formula is C30H40O9. The second-order valence-corrected chi connectivity index (χ2v) is 13.5. The Morgan fingerprint density at radius 1 is 1.18 bits per heavy atom. The Bertz CT molecular complexity index is 1220. The standard InChI is InChI=1S/C30H40O9/c1-14-12-20(38-25(34)15(14)2)16(3)30-24(39-30)23(37-17(4)31)29(36)19-13-22(33)28(35)10-7-8-21(32)27(28,6)18(19)9-11-26(29,30)5/h7-8,16,18-20,22-24,33,35-36H,9-13H2,1-6H3/t16-,18+,19-,20-,22-,23+,24+,26+,27+,28+,29+,30+/m1/s1. The van der Waals surface area contributed by atoms with Crippen LogP contribution in [0.25, 0.3) is 0 Å². The summed E-state index contributed by atoms with van der Waals surface area (Å²) in [5, 5.41) is 36.0. The lowest BCUT2D eigenvalue weighted by Gasteiger charge is -2.66. The van der Waals surface area contributed by atoms with E-state index in [4.69, 9.17) is 14.2 Å². The van der Waals surface area contributed by atoms with Crippen LogP contribution >= 0.6 is 0 Å². The summed E-state index contributed by atoms with van der Waals surface area (Å²) < 4.78 is 18.2. The van der Waals surface area contributed by atoms with Gasteiger partial charge in [-0.25, -0.2) is 4.79 Å². The summed E-state index contributed by atoms with van der Waals surface area (Å²) in [7, 11) is 0. The number of cyclic esters (lactones) is 1. The minimum Gasteiger partial charge on any atom is -0.458 e. The van der Waals surface area contributed by atoms with Gasteiger partial charge in [-0.3, -0.25) is 9.59 Å². The number of carbonyl (C=O) groups excluding carboxylic acids is 3. The fourth-order valence-corrected chi connectivity index (χ4v) is 9.78. The van der Waals surface area contributed by atoms with E-state index < -0.39 is 69.9 Å². The van der Waals surface area contributed by atoms with Crippen LogP contribution in [0.1, 0.15) is 73.6 Å². The van der Waals surface area contributed by atoms with Gasteiger partial charge in [-0.15, -0.1) is 0 Å². The van der Waals surface area contributed by atoms with Gasteiger partial charge in [0.05, 0.1) is 11.5 Å². The zero-order valence-corrected chi connectivity index (χ0v) is 23.5. The lowest BCUT2D eigenvalue weighted by molar-refractivity contribution is -0.295. The summed E-state index contributed by atoms with van der Waals surface area (Å²) in [6, 6.07) is 0. The van der Waals surface area contributed by atoms with Crippen LogP contribution in [-0.2, 0) is 28.6 Å². The fraction of sp³-hybridized carbons (Fsp3) is 0.767. The molecule has 12 atom stereocenters. The highest BCUT2D eigenvalue weighted by atomic mass is 16.7. The van der Waals surface area contributed by atoms with Crippen molar-refractivity contribution in [3.05, 3.63) is 23.3 Å².